The van der Waals surface area contributed by atoms with E-state index in [1.807, 2.05) is 0 Å². The zero-order chi connectivity index (χ0) is 12.3. The first-order valence-corrected chi connectivity index (χ1v) is 5.71. The number of nitriles is 1. The molecule has 1 aromatic carbocycles. The van der Waals surface area contributed by atoms with Crippen LogP contribution in [0.15, 0.2) is 30.7 Å². The number of anilines is 2. The average molecular weight is 340 g/mol. The van der Waals surface area contributed by atoms with E-state index in [0.29, 0.717) is 11.5 Å². The van der Waals surface area contributed by atoms with Crippen molar-refractivity contribution in [3.05, 3.63) is 45.7 Å². The fourth-order valence-electron chi connectivity index (χ4n) is 1.23. The predicted octanol–water partition coefficient (Wildman–Crippen LogP) is 2.84. The number of hydrogen-bond acceptors (Lipinski definition) is 4. The van der Waals surface area contributed by atoms with Crippen LogP contribution in [0, 0.1) is 20.7 Å². The molecule has 0 spiro atoms. The van der Waals surface area contributed by atoms with Gasteiger partial charge in [-0.3, -0.25) is 0 Å². The van der Waals surface area contributed by atoms with Crippen molar-refractivity contribution >= 4 is 34.1 Å². The Labute approximate surface area is 111 Å². The number of nitrogens with zero attached hydrogens (tertiary/aromatic N) is 3. The summed E-state index contributed by atoms with van der Waals surface area (Å²) in [5, 5.41) is 11.7. The quantitative estimate of drug-likeness (QED) is 0.854. The van der Waals surface area contributed by atoms with E-state index >= 15 is 0 Å². The standard InChI is InChI=1S/C11H6FIN4/c12-9-2-1-8(3-7(9)4-14)17-11-10(13)5-15-6-16-11/h1-3,5-6H,(H,15,16,17). The maximum absolute atomic E-state index is 13.1. The summed E-state index contributed by atoms with van der Waals surface area (Å²) in [6.07, 6.45) is 3.07. The van der Waals surface area contributed by atoms with E-state index < -0.39 is 5.82 Å². The van der Waals surface area contributed by atoms with Crippen LogP contribution in [-0.4, -0.2) is 9.97 Å². The molecule has 0 amide bonds. The lowest BCUT2D eigenvalue weighted by atomic mass is 10.2. The van der Waals surface area contributed by atoms with Crippen LogP contribution in [0.3, 0.4) is 0 Å². The van der Waals surface area contributed by atoms with E-state index in [-0.39, 0.29) is 5.56 Å². The van der Waals surface area contributed by atoms with Gasteiger partial charge in [0, 0.05) is 11.9 Å². The van der Waals surface area contributed by atoms with Gasteiger partial charge in [-0.2, -0.15) is 5.26 Å². The van der Waals surface area contributed by atoms with Gasteiger partial charge in [-0.15, -0.1) is 0 Å². The van der Waals surface area contributed by atoms with Gasteiger partial charge < -0.3 is 5.32 Å². The highest BCUT2D eigenvalue weighted by atomic mass is 127. The van der Waals surface area contributed by atoms with Crippen LogP contribution < -0.4 is 5.32 Å². The van der Waals surface area contributed by atoms with Crippen molar-refractivity contribution in [2.75, 3.05) is 5.32 Å². The summed E-state index contributed by atoms with van der Waals surface area (Å²) < 4.78 is 14.0. The monoisotopic (exact) mass is 340 g/mol. The van der Waals surface area contributed by atoms with Crippen molar-refractivity contribution < 1.29 is 4.39 Å². The van der Waals surface area contributed by atoms with Crippen LogP contribution in [0.5, 0.6) is 0 Å². The number of rotatable bonds is 2. The predicted molar refractivity (Wildman–Crippen MR) is 69.1 cm³/mol. The molecule has 84 valence electrons. The summed E-state index contributed by atoms with van der Waals surface area (Å²) >= 11 is 2.09. The molecule has 0 aliphatic rings. The van der Waals surface area contributed by atoms with Gasteiger partial charge in [0.1, 0.15) is 24.0 Å². The van der Waals surface area contributed by atoms with Crippen molar-refractivity contribution in [1.29, 1.82) is 5.26 Å². The molecule has 1 heterocycles. The topological polar surface area (TPSA) is 61.6 Å². The maximum Gasteiger partial charge on any atom is 0.147 e. The van der Waals surface area contributed by atoms with Gasteiger partial charge in [0.15, 0.2) is 0 Å². The van der Waals surface area contributed by atoms with E-state index in [1.54, 1.807) is 18.3 Å². The summed E-state index contributed by atoms with van der Waals surface area (Å²) in [5.74, 6) is 0.0894. The molecule has 4 nitrogen and oxygen atoms in total. The van der Waals surface area contributed by atoms with E-state index in [9.17, 15) is 4.39 Å². The highest BCUT2D eigenvalue weighted by Crippen LogP contribution is 2.20. The Morgan fingerprint density at radius 3 is 2.94 bits per heavy atom. The fraction of sp³-hybridized carbons (Fsp3) is 0. The first-order valence-electron chi connectivity index (χ1n) is 4.63. The first kappa shape index (κ1) is 11.7. The smallest absolute Gasteiger partial charge is 0.147 e. The van der Waals surface area contributed by atoms with Gasteiger partial charge in [-0.05, 0) is 40.8 Å². The molecule has 0 atom stereocenters. The van der Waals surface area contributed by atoms with Gasteiger partial charge in [-0.1, -0.05) is 0 Å². The normalized spacial score (nSPS) is 9.71. The molecule has 0 radical (unpaired) electrons. The molecule has 1 aromatic heterocycles. The molecule has 0 saturated heterocycles. The van der Waals surface area contributed by atoms with Crippen molar-refractivity contribution in [3.63, 3.8) is 0 Å². The van der Waals surface area contributed by atoms with Gasteiger partial charge in [0.25, 0.3) is 0 Å². The average Bonchev–Trinajstić information content (AvgIpc) is 2.34. The van der Waals surface area contributed by atoms with Crippen LogP contribution >= 0.6 is 22.6 Å². The summed E-state index contributed by atoms with van der Waals surface area (Å²) in [5.41, 5.74) is 0.610. The highest BCUT2D eigenvalue weighted by Gasteiger charge is 2.05. The summed E-state index contributed by atoms with van der Waals surface area (Å²) in [7, 11) is 0. The van der Waals surface area contributed by atoms with Crippen LogP contribution in [0.25, 0.3) is 0 Å². The van der Waals surface area contributed by atoms with Gasteiger partial charge in [0.05, 0.1) is 9.13 Å². The highest BCUT2D eigenvalue weighted by molar-refractivity contribution is 14.1. The van der Waals surface area contributed by atoms with Crippen LogP contribution in [0.4, 0.5) is 15.9 Å². The van der Waals surface area contributed by atoms with Crippen LogP contribution in [0.1, 0.15) is 5.56 Å². The molecule has 6 heteroatoms. The van der Waals surface area contributed by atoms with Crippen molar-refractivity contribution in [2.24, 2.45) is 0 Å². The number of aromatic nitrogens is 2. The minimum absolute atomic E-state index is 0.000866. The second-order valence-corrected chi connectivity index (χ2v) is 4.31. The number of hydrogen-bond donors (Lipinski definition) is 1. The molecule has 0 bridgehead atoms. The number of benzene rings is 1. The third kappa shape index (κ3) is 2.68. The molecule has 0 fully saturated rings. The second kappa shape index (κ2) is 5.05. The summed E-state index contributed by atoms with van der Waals surface area (Å²) in [6.45, 7) is 0. The zero-order valence-electron chi connectivity index (χ0n) is 8.48. The largest absolute Gasteiger partial charge is 0.339 e. The van der Waals surface area contributed by atoms with E-state index in [1.165, 1.54) is 18.5 Å². The Morgan fingerprint density at radius 2 is 2.24 bits per heavy atom. The third-order valence-corrected chi connectivity index (χ3v) is 2.81. The van der Waals surface area contributed by atoms with Gasteiger partial charge in [-0.25, -0.2) is 14.4 Å². The summed E-state index contributed by atoms with van der Waals surface area (Å²) in [4.78, 5) is 7.91. The Balaban J connectivity index is 2.32. The van der Waals surface area contributed by atoms with Gasteiger partial charge >= 0.3 is 0 Å². The number of halogens is 2. The Kier molecular flexibility index (Phi) is 3.49. The molecule has 1 N–H and O–H groups in total. The molecule has 0 unspecified atom stereocenters. The molecule has 17 heavy (non-hydrogen) atoms. The van der Waals surface area contributed by atoms with Gasteiger partial charge in [0.2, 0.25) is 0 Å². The Morgan fingerprint density at radius 1 is 1.41 bits per heavy atom. The van der Waals surface area contributed by atoms with E-state index in [0.717, 1.165) is 3.57 Å². The van der Waals surface area contributed by atoms with E-state index in [2.05, 4.69) is 37.9 Å². The minimum Gasteiger partial charge on any atom is -0.339 e. The first-order chi connectivity index (χ1) is 8.20. The lowest BCUT2D eigenvalue weighted by Gasteiger charge is -2.07. The maximum atomic E-state index is 13.1. The molecular formula is C11H6FIN4. The van der Waals surface area contributed by atoms with Crippen LogP contribution in [-0.2, 0) is 0 Å². The molecule has 0 aliphatic heterocycles. The SMILES string of the molecule is N#Cc1cc(Nc2ncncc2I)ccc1F. The Bertz CT molecular complexity index is 594. The molecule has 2 aromatic rings. The van der Waals surface area contributed by atoms with Crippen molar-refractivity contribution in [2.45, 2.75) is 0 Å². The molecule has 0 saturated carbocycles. The third-order valence-electron chi connectivity index (χ3n) is 2.02. The Hall–Kier alpha value is -1.75. The molecule has 0 aliphatic carbocycles. The zero-order valence-corrected chi connectivity index (χ0v) is 10.6. The molecule has 2 rings (SSSR count). The van der Waals surface area contributed by atoms with E-state index in [4.69, 9.17) is 5.26 Å². The summed E-state index contributed by atoms with van der Waals surface area (Å²) in [6, 6.07) is 6.02. The van der Waals surface area contributed by atoms with Crippen LogP contribution in [0.2, 0.25) is 0 Å². The van der Waals surface area contributed by atoms with Crippen molar-refractivity contribution in [1.82, 2.24) is 9.97 Å². The second-order valence-electron chi connectivity index (χ2n) is 3.15. The molecular weight excluding hydrogens is 334 g/mol. The fourth-order valence-corrected chi connectivity index (χ4v) is 1.66. The lowest BCUT2D eigenvalue weighted by Crippen LogP contribution is -1.97. The van der Waals surface area contributed by atoms with Crippen molar-refractivity contribution in [3.8, 4) is 6.07 Å². The lowest BCUT2D eigenvalue weighted by molar-refractivity contribution is 0.624. The number of nitrogens with one attached hydrogen (secondary N) is 1. The minimum atomic E-state index is -0.532.